The first-order chi connectivity index (χ1) is 19.6. The highest BCUT2D eigenvalue weighted by atomic mass is 32.2. The van der Waals surface area contributed by atoms with E-state index >= 15 is 0 Å². The molecule has 0 saturated carbocycles. The number of fused-ring (bicyclic) bond motifs is 1. The van der Waals surface area contributed by atoms with Crippen LogP contribution in [0.5, 0.6) is 0 Å². The zero-order valence-electron chi connectivity index (χ0n) is 23.5. The summed E-state index contributed by atoms with van der Waals surface area (Å²) in [5.41, 5.74) is 0.266. The predicted octanol–water partition coefficient (Wildman–Crippen LogP) is 4.62. The third kappa shape index (κ3) is 7.35. The number of nitrogens with one attached hydrogen (secondary N) is 1. The Labute approximate surface area is 243 Å². The van der Waals surface area contributed by atoms with Crippen LogP contribution in [0, 0.1) is 5.92 Å². The molecule has 1 aliphatic carbocycles. The molecule has 2 aromatic carbocycles. The van der Waals surface area contributed by atoms with Gasteiger partial charge in [-0.25, -0.2) is 13.2 Å². The molecule has 0 radical (unpaired) electrons. The number of pyridine rings is 1. The van der Waals surface area contributed by atoms with Crippen molar-refractivity contribution in [1.29, 1.82) is 0 Å². The lowest BCUT2D eigenvalue weighted by atomic mass is 9.88. The number of aromatic nitrogens is 1. The summed E-state index contributed by atoms with van der Waals surface area (Å²) in [5.74, 6) is -0.919. The number of rotatable bonds is 11. The first-order valence-corrected chi connectivity index (χ1v) is 14.9. The molecule has 8 nitrogen and oxygen atoms in total. The zero-order valence-corrected chi connectivity index (χ0v) is 24.3. The Balaban J connectivity index is 1.43. The van der Waals surface area contributed by atoms with Crippen LogP contribution in [0.3, 0.4) is 0 Å². The third-order valence-corrected chi connectivity index (χ3v) is 9.34. The average molecular weight is 606 g/mol. The highest BCUT2D eigenvalue weighted by Gasteiger charge is 2.36. The number of hydrogen-bond acceptors (Lipinski definition) is 6. The molecular weight excluding hydrogens is 571 g/mol. The third-order valence-electron chi connectivity index (χ3n) is 7.52. The van der Waals surface area contributed by atoms with E-state index in [0.717, 1.165) is 54.2 Å². The van der Waals surface area contributed by atoms with Crippen LogP contribution in [-0.2, 0) is 29.0 Å². The van der Waals surface area contributed by atoms with Crippen molar-refractivity contribution < 1.29 is 36.6 Å². The van der Waals surface area contributed by atoms with Crippen LogP contribution in [0.15, 0.2) is 65.8 Å². The lowest BCUT2D eigenvalue weighted by Crippen LogP contribution is -2.47. The smallest absolute Gasteiger partial charge is 0.417 e. The summed E-state index contributed by atoms with van der Waals surface area (Å²) in [5, 5.41) is 23.1. The molecule has 0 unspecified atom stereocenters. The van der Waals surface area contributed by atoms with Gasteiger partial charge in [0.2, 0.25) is 10.0 Å². The first kappa shape index (κ1) is 31.6. The predicted molar refractivity (Wildman–Crippen MR) is 151 cm³/mol. The molecule has 1 heterocycles. The van der Waals surface area contributed by atoms with Gasteiger partial charge in [-0.2, -0.15) is 17.5 Å². The second-order valence-corrected chi connectivity index (χ2v) is 13.5. The molecule has 0 bridgehead atoms. The molecule has 3 N–H and O–H groups in total. The van der Waals surface area contributed by atoms with Gasteiger partial charge in [0.1, 0.15) is 0 Å². The number of likely N-dealkylation sites (N-methyl/N-ethyl adjacent to an activating group) is 1. The number of hydrogen-bond donors (Lipinski definition) is 3. The van der Waals surface area contributed by atoms with E-state index in [1.807, 2.05) is 26.0 Å². The van der Waals surface area contributed by atoms with Crippen molar-refractivity contribution in [3.05, 3.63) is 83.2 Å². The maximum atomic E-state index is 14.0. The van der Waals surface area contributed by atoms with Gasteiger partial charge in [-0.05, 0) is 73.9 Å². The fraction of sp³-hybridized carbons (Fsp3) is 0.400. The fourth-order valence-corrected chi connectivity index (χ4v) is 6.73. The molecule has 12 heteroatoms. The minimum atomic E-state index is -4.94. The summed E-state index contributed by atoms with van der Waals surface area (Å²) in [6.45, 7) is 3.79. The average Bonchev–Trinajstić information content (AvgIpc) is 3.32. The zero-order chi connectivity index (χ0) is 30.9. The lowest BCUT2D eigenvalue weighted by Gasteiger charge is -2.31. The van der Waals surface area contributed by atoms with Gasteiger partial charge in [0.15, 0.2) is 0 Å². The highest BCUT2D eigenvalue weighted by Crippen LogP contribution is 2.39. The Morgan fingerprint density at radius 1 is 1.10 bits per heavy atom. The number of β-amino-alcohol motifs (C(OH)–C–C–N with tert-alkyl or cyclic N) is 1. The van der Waals surface area contributed by atoms with Crippen LogP contribution < -0.4 is 5.32 Å². The number of nitrogens with zero attached hydrogens (tertiary/aromatic N) is 2. The summed E-state index contributed by atoms with van der Waals surface area (Å²) in [6.07, 6.45) is -1.17. The van der Waals surface area contributed by atoms with Crippen LogP contribution in [-0.4, -0.2) is 65.7 Å². The maximum Gasteiger partial charge on any atom is 0.417 e. The van der Waals surface area contributed by atoms with Crippen LogP contribution >= 0.6 is 0 Å². The molecule has 0 amide bonds. The molecule has 3 aromatic rings. The number of aliphatic hydroxyl groups is 1. The van der Waals surface area contributed by atoms with Crippen LogP contribution in [0.2, 0.25) is 0 Å². The van der Waals surface area contributed by atoms with Gasteiger partial charge in [0.25, 0.3) is 0 Å². The van der Waals surface area contributed by atoms with Gasteiger partial charge < -0.3 is 15.5 Å². The topological polar surface area (TPSA) is 120 Å². The SMILES string of the molecule is CN(C[C@H](O)CNC(C)(C)CC1Cc2ccccc2C1)S(=O)(=O)c1ccc(-c2cncc(C(=O)O)c2)c(C(F)(F)F)c1. The van der Waals surface area contributed by atoms with Crippen molar-refractivity contribution in [1.82, 2.24) is 14.6 Å². The number of aromatic carboxylic acids is 1. The van der Waals surface area contributed by atoms with Crippen molar-refractivity contribution in [3.63, 3.8) is 0 Å². The molecule has 1 aromatic heterocycles. The summed E-state index contributed by atoms with van der Waals surface area (Å²) in [7, 11) is -3.21. The normalized spacial score (nSPS) is 15.1. The fourth-order valence-electron chi connectivity index (χ4n) is 5.50. The van der Waals surface area contributed by atoms with E-state index in [1.54, 1.807) is 0 Å². The molecule has 0 spiro atoms. The Morgan fingerprint density at radius 2 is 1.74 bits per heavy atom. The highest BCUT2D eigenvalue weighted by molar-refractivity contribution is 7.89. The number of halogens is 3. The van der Waals surface area contributed by atoms with Crippen LogP contribution in [0.25, 0.3) is 11.1 Å². The summed E-state index contributed by atoms with van der Waals surface area (Å²) >= 11 is 0. The maximum absolute atomic E-state index is 14.0. The Morgan fingerprint density at radius 3 is 2.33 bits per heavy atom. The second-order valence-electron chi connectivity index (χ2n) is 11.4. The molecular formula is C30H34F3N3O5S. The molecule has 1 atom stereocenters. The first-order valence-electron chi connectivity index (χ1n) is 13.4. The Kier molecular flexibility index (Phi) is 9.12. The van der Waals surface area contributed by atoms with Gasteiger partial charge in [0.05, 0.1) is 22.1 Å². The van der Waals surface area contributed by atoms with E-state index in [9.17, 15) is 36.6 Å². The Hall–Kier alpha value is -3.32. The molecule has 1 aliphatic rings. The summed E-state index contributed by atoms with van der Waals surface area (Å²) in [6, 6.07) is 11.9. The van der Waals surface area contributed by atoms with Crippen molar-refractivity contribution in [2.24, 2.45) is 5.92 Å². The van der Waals surface area contributed by atoms with Crippen molar-refractivity contribution in [3.8, 4) is 11.1 Å². The van der Waals surface area contributed by atoms with E-state index in [0.29, 0.717) is 12.0 Å². The molecule has 226 valence electrons. The number of aliphatic hydroxyl groups excluding tert-OH is 1. The van der Waals surface area contributed by atoms with Gasteiger partial charge in [0, 0.05) is 43.6 Å². The standard InChI is InChI=1S/C30H34F3N3O5S/c1-29(2,14-19-10-20-6-4-5-7-21(20)11-19)35-17-24(37)18-36(3)42(40,41)25-8-9-26(27(13-25)30(31,32)33)22-12-23(28(38)39)16-34-15-22/h4-9,12-13,15-16,19,24,35,37H,10-11,14,17-18H2,1-3H3,(H,38,39)/t24-/m1/s1. The molecule has 0 aliphatic heterocycles. The monoisotopic (exact) mass is 605 g/mol. The lowest BCUT2D eigenvalue weighted by molar-refractivity contribution is -0.137. The minimum absolute atomic E-state index is 0.0895. The van der Waals surface area contributed by atoms with Crippen LogP contribution in [0.1, 0.15) is 47.3 Å². The second kappa shape index (κ2) is 12.1. The quantitative estimate of drug-likeness (QED) is 0.292. The van der Waals surface area contributed by atoms with E-state index in [4.69, 9.17) is 0 Å². The molecule has 0 fully saturated rings. The summed E-state index contributed by atoms with van der Waals surface area (Å²) < 4.78 is 69.3. The van der Waals surface area contributed by atoms with Crippen molar-refractivity contribution >= 4 is 16.0 Å². The van der Waals surface area contributed by atoms with Gasteiger partial charge in [-0.3, -0.25) is 4.98 Å². The van der Waals surface area contributed by atoms with E-state index in [1.165, 1.54) is 18.2 Å². The number of carboxylic acids is 1. The van der Waals surface area contributed by atoms with Crippen molar-refractivity contribution in [2.75, 3.05) is 20.1 Å². The van der Waals surface area contributed by atoms with Crippen LogP contribution in [0.4, 0.5) is 13.2 Å². The Bertz CT molecular complexity index is 1530. The van der Waals surface area contributed by atoms with Gasteiger partial charge >= 0.3 is 12.1 Å². The number of benzene rings is 2. The number of carbonyl (C=O) groups is 1. The van der Waals surface area contributed by atoms with Crippen molar-refractivity contribution in [2.45, 2.75) is 55.8 Å². The van der Waals surface area contributed by atoms with E-state index in [2.05, 4.69) is 22.4 Å². The molecule has 0 saturated heterocycles. The van der Waals surface area contributed by atoms with E-state index in [-0.39, 0.29) is 29.8 Å². The number of carboxylic acid groups (broad SMARTS) is 1. The number of alkyl halides is 3. The van der Waals surface area contributed by atoms with Gasteiger partial charge in [-0.15, -0.1) is 0 Å². The molecule has 4 rings (SSSR count). The van der Waals surface area contributed by atoms with Gasteiger partial charge in [-0.1, -0.05) is 30.3 Å². The number of sulfonamides is 1. The van der Waals surface area contributed by atoms with E-state index < -0.39 is 44.3 Å². The summed E-state index contributed by atoms with van der Waals surface area (Å²) in [4.78, 5) is 14.4. The molecule has 42 heavy (non-hydrogen) atoms. The minimum Gasteiger partial charge on any atom is -0.478 e. The largest absolute Gasteiger partial charge is 0.478 e.